The predicted molar refractivity (Wildman–Crippen MR) is 372 cm³/mol. The number of carbonyl (C=O) groups is 11. The molecule has 3 aliphatic rings. The Kier molecular flexibility index (Phi) is 34.1. The van der Waals surface area contributed by atoms with Crippen molar-refractivity contribution in [2.24, 2.45) is 23.7 Å². The van der Waals surface area contributed by atoms with Crippen molar-refractivity contribution in [1.29, 1.82) is 0 Å². The lowest BCUT2D eigenvalue weighted by molar-refractivity contribution is -0.151. The second kappa shape index (κ2) is 39.9. The second-order valence-electron chi connectivity index (χ2n) is 29.0. The molecule has 28 heteroatoms. The van der Waals surface area contributed by atoms with Crippen LogP contribution in [-0.4, -0.2) is 277 Å². The number of carbonyl (C=O) groups excluding carboxylic acids is 11. The molecule has 3 fully saturated rings. The van der Waals surface area contributed by atoms with Gasteiger partial charge in [-0.15, -0.1) is 0 Å². The summed E-state index contributed by atoms with van der Waals surface area (Å²) in [6.45, 7) is 18.0. The maximum absolute atomic E-state index is 15.5. The highest BCUT2D eigenvalue weighted by molar-refractivity contribution is 5.99. The van der Waals surface area contributed by atoms with Crippen molar-refractivity contribution in [2.45, 2.75) is 232 Å². The minimum absolute atomic E-state index is 0.00528. The molecular formula is C71H119F2N13O13. The van der Waals surface area contributed by atoms with Crippen molar-refractivity contribution in [2.75, 3.05) is 94.8 Å². The number of piperidine rings is 1. The average molecular weight is 1400 g/mol. The maximum Gasteiger partial charge on any atom is 0.261 e. The van der Waals surface area contributed by atoms with Gasteiger partial charge in [0.1, 0.15) is 48.5 Å². The Balaban J connectivity index is 1.93. The maximum atomic E-state index is 15.5. The van der Waals surface area contributed by atoms with E-state index < -0.39 is 183 Å². The van der Waals surface area contributed by atoms with E-state index in [1.807, 2.05) is 48.5 Å². The molecule has 0 aliphatic carbocycles. The van der Waals surface area contributed by atoms with Gasteiger partial charge in [0.05, 0.1) is 51.4 Å². The number of nitrogens with one attached hydrogen (secondary N) is 5. The van der Waals surface area contributed by atoms with Gasteiger partial charge in [-0.2, -0.15) is 0 Å². The van der Waals surface area contributed by atoms with Crippen LogP contribution in [-0.2, 0) is 63.9 Å². The first-order valence-electron chi connectivity index (χ1n) is 35.7. The minimum atomic E-state index is -3.01. The van der Waals surface area contributed by atoms with Gasteiger partial charge in [0, 0.05) is 80.8 Å². The molecule has 3 saturated heterocycles. The van der Waals surface area contributed by atoms with Gasteiger partial charge >= 0.3 is 0 Å². The van der Waals surface area contributed by atoms with Crippen LogP contribution in [0.3, 0.4) is 0 Å². The van der Waals surface area contributed by atoms with Gasteiger partial charge < -0.3 is 70.3 Å². The predicted octanol–water partition coefficient (Wildman–Crippen LogP) is 3.23. The number of hydrogen-bond donors (Lipinski definition) is 6. The summed E-state index contributed by atoms with van der Waals surface area (Å²) in [6.07, 6.45) is 0.895. The van der Waals surface area contributed by atoms with Crippen LogP contribution >= 0.6 is 0 Å². The third-order valence-electron chi connectivity index (χ3n) is 19.1. The summed E-state index contributed by atoms with van der Waals surface area (Å²) in [5.74, 6) is -11.6. The van der Waals surface area contributed by atoms with Crippen molar-refractivity contribution in [3.63, 3.8) is 0 Å². The molecule has 6 N–H and O–H groups in total. The molecule has 3 aliphatic heterocycles. The summed E-state index contributed by atoms with van der Waals surface area (Å²) < 4.78 is 34.7. The molecule has 1 unspecified atom stereocenters. The van der Waals surface area contributed by atoms with Crippen LogP contribution in [0.4, 0.5) is 8.78 Å². The molecule has 0 saturated carbocycles. The van der Waals surface area contributed by atoms with E-state index in [0.29, 0.717) is 44.3 Å². The first kappa shape index (κ1) is 84.5. The van der Waals surface area contributed by atoms with E-state index in [1.54, 1.807) is 62.9 Å². The topological polar surface area (TPSA) is 303 Å². The van der Waals surface area contributed by atoms with Gasteiger partial charge in [-0.25, -0.2) is 8.78 Å². The molecule has 1 aromatic carbocycles. The molecule has 11 atom stereocenters. The highest BCUT2D eigenvalue weighted by Crippen LogP contribution is 2.26. The van der Waals surface area contributed by atoms with Crippen molar-refractivity contribution in [3.05, 3.63) is 35.9 Å². The van der Waals surface area contributed by atoms with Crippen molar-refractivity contribution in [1.82, 2.24) is 65.8 Å². The summed E-state index contributed by atoms with van der Waals surface area (Å²) in [4.78, 5) is 174. The number of likely N-dealkylation sites (tertiary alicyclic amines) is 1. The molecule has 0 radical (unpaired) electrons. The first-order chi connectivity index (χ1) is 46.5. The van der Waals surface area contributed by atoms with Crippen LogP contribution in [0.2, 0.25) is 0 Å². The zero-order valence-corrected chi connectivity index (χ0v) is 62.1. The highest BCUT2D eigenvalue weighted by atomic mass is 19.3. The van der Waals surface area contributed by atoms with E-state index in [-0.39, 0.29) is 69.4 Å². The molecule has 3 heterocycles. The lowest BCUT2D eigenvalue weighted by atomic mass is 9.96. The van der Waals surface area contributed by atoms with Gasteiger partial charge in [0.25, 0.3) is 5.92 Å². The van der Waals surface area contributed by atoms with Crippen molar-refractivity contribution < 1.29 is 71.4 Å². The SMILES string of the molecule is CCCCN1CC(=O)N(C)[C@@H](Cc2ccccc2)C(=O)N(C)[C@@H](CC(C)C)C(=O)N[C@@H](CC(C)C)C(=O)N(C)[C@@H](CC(C)C)C(=O)N[C@H](C(=O)N2CCCCC2)CC(=O)N(C)CC(=O)N(C)[C@@H](CC)C(O)N[C@@H](C(C)C)C(=O)N(C)[C@@H](CC)C(=O)N[C@@H](COC[C@@H]2CC(F)(F)CN2)C1=O. The smallest absolute Gasteiger partial charge is 0.261 e. The van der Waals surface area contributed by atoms with Crippen LogP contribution < -0.4 is 26.6 Å². The number of rotatable bonds is 19. The Morgan fingerprint density at radius 1 is 0.606 bits per heavy atom. The largest absolute Gasteiger partial charge is 0.377 e. The van der Waals surface area contributed by atoms with E-state index in [1.165, 1.54) is 71.7 Å². The Bertz CT molecular complexity index is 2850. The van der Waals surface area contributed by atoms with E-state index in [0.717, 1.165) is 11.3 Å². The van der Waals surface area contributed by atoms with Crippen molar-refractivity contribution in [3.8, 4) is 0 Å². The number of alkyl halides is 2. The van der Waals surface area contributed by atoms with E-state index in [4.69, 9.17) is 4.74 Å². The normalized spacial score (nSPS) is 27.1. The third-order valence-corrected chi connectivity index (χ3v) is 19.1. The van der Waals surface area contributed by atoms with Gasteiger partial charge in [0.2, 0.25) is 65.0 Å². The minimum Gasteiger partial charge on any atom is -0.377 e. The molecule has 560 valence electrons. The first-order valence-corrected chi connectivity index (χ1v) is 35.7. The van der Waals surface area contributed by atoms with Crippen LogP contribution in [0.1, 0.15) is 159 Å². The third kappa shape index (κ3) is 25.0. The molecule has 4 rings (SSSR count). The molecule has 0 bridgehead atoms. The summed E-state index contributed by atoms with van der Waals surface area (Å²) in [6, 6.07) is -3.37. The molecule has 11 amide bonds. The van der Waals surface area contributed by atoms with Gasteiger partial charge in [-0.3, -0.25) is 58.1 Å². The number of unbranched alkanes of at least 4 members (excludes halogenated alkanes) is 1. The molecule has 0 aromatic heterocycles. The summed E-state index contributed by atoms with van der Waals surface area (Å²) in [7, 11) is 8.49. The fourth-order valence-electron chi connectivity index (χ4n) is 13.0. The van der Waals surface area contributed by atoms with Crippen molar-refractivity contribution >= 4 is 65.0 Å². The molecule has 0 spiro atoms. The van der Waals surface area contributed by atoms with E-state index in [9.17, 15) is 42.7 Å². The summed E-state index contributed by atoms with van der Waals surface area (Å²) >= 11 is 0. The number of halogens is 2. The number of ether oxygens (including phenoxy) is 1. The standard InChI is InChI=1S/C71H119F2N13O13/c1-18-21-30-86-40-60(89)81(14)57(36-48-28-24-22-25-29-48)69(97)84(17)56(35-46(8)9)65(93)75-50(33-44(4)5)66(94)83(16)55(34-45(6)7)64(92)76-51(67(95)85-31-26-23-27-32-85)37-58(87)79(12)39-59(88)80(13)53(19-2)63(91)78-61(47(10)11)70(98)82(15)54(20-3)62(90)77-52(68(86)96)42-99-41-49-38-71(72,73)43-74-49/h22,24-25,28-29,44-47,49-57,61,63,74,78,91H,18-21,23,26-27,30-43H2,1-17H3,(H,75,93)(H,76,92)(H,77,90)/t49-,50-,51-,52-,53-,54-,55-,56-,57-,61-,63?/m0/s1. The molecule has 99 heavy (non-hydrogen) atoms. The number of nitrogens with zero attached hydrogens (tertiary/aromatic N) is 8. The van der Waals surface area contributed by atoms with E-state index in [2.05, 4.69) is 26.6 Å². The van der Waals surface area contributed by atoms with Crippen LogP contribution in [0.15, 0.2) is 30.3 Å². The Labute approximate surface area is 586 Å². The Morgan fingerprint density at radius 3 is 1.69 bits per heavy atom. The summed E-state index contributed by atoms with van der Waals surface area (Å²) in [5, 5.41) is 26.2. The molecule has 26 nitrogen and oxygen atoms in total. The van der Waals surface area contributed by atoms with Crippen LogP contribution in [0.5, 0.6) is 0 Å². The Morgan fingerprint density at radius 2 is 1.15 bits per heavy atom. The second-order valence-corrected chi connectivity index (χ2v) is 29.0. The fourth-order valence-corrected chi connectivity index (χ4v) is 13.0. The fraction of sp³-hybridized carbons (Fsp3) is 0.761. The lowest BCUT2D eigenvalue weighted by Gasteiger charge is -2.38. The number of hydrogen-bond acceptors (Lipinski definition) is 15. The lowest BCUT2D eigenvalue weighted by Crippen LogP contribution is -2.62. The summed E-state index contributed by atoms with van der Waals surface area (Å²) in [5.41, 5.74) is 0.651. The zero-order chi connectivity index (χ0) is 74.3. The van der Waals surface area contributed by atoms with Gasteiger partial charge in [-0.05, 0) is 87.0 Å². The van der Waals surface area contributed by atoms with Crippen LogP contribution in [0.25, 0.3) is 0 Å². The van der Waals surface area contributed by atoms with Gasteiger partial charge in [-0.1, -0.05) is 113 Å². The number of aliphatic hydroxyl groups excluding tert-OH is 1. The quantitative estimate of drug-likeness (QED) is 0.116. The number of likely N-dealkylation sites (N-methyl/N-ethyl adjacent to an activating group) is 6. The number of benzene rings is 1. The number of aliphatic hydroxyl groups is 1. The average Bonchev–Trinajstić information content (AvgIpc) is 1.51. The molecular weight excluding hydrogens is 1280 g/mol. The van der Waals surface area contributed by atoms with Crippen LogP contribution in [0, 0.1) is 23.7 Å². The monoisotopic (exact) mass is 1400 g/mol. The Hall–Kier alpha value is -6.91. The zero-order valence-electron chi connectivity index (χ0n) is 62.1. The number of amides is 11. The van der Waals surface area contributed by atoms with E-state index >= 15 is 24.0 Å². The highest BCUT2D eigenvalue weighted by Gasteiger charge is 2.44. The molecule has 1 aromatic rings. The van der Waals surface area contributed by atoms with Gasteiger partial charge in [0.15, 0.2) is 0 Å².